The fraction of sp³-hybridized carbons (Fsp3) is 0.889. The van der Waals surface area contributed by atoms with Gasteiger partial charge in [0.1, 0.15) is 6.04 Å². The lowest BCUT2D eigenvalue weighted by molar-refractivity contribution is -0.145. The van der Waals surface area contributed by atoms with Gasteiger partial charge in [-0.2, -0.15) is 0 Å². The second-order valence-electron chi connectivity index (χ2n) is 3.22. The van der Waals surface area contributed by atoms with E-state index in [0.29, 0.717) is 0 Å². The zero-order valence-corrected chi connectivity index (χ0v) is 8.45. The maximum absolute atomic E-state index is 11.3. The van der Waals surface area contributed by atoms with Gasteiger partial charge in [0.25, 0.3) is 0 Å². The maximum atomic E-state index is 11.3. The van der Waals surface area contributed by atoms with Crippen LogP contribution < -0.4 is 0 Å². The molecule has 0 N–H and O–H groups in total. The van der Waals surface area contributed by atoms with E-state index in [9.17, 15) is 4.79 Å². The number of nitrogens with zero attached hydrogens (tertiary/aromatic N) is 1. The number of hydrogen-bond acceptors (Lipinski definition) is 4. The minimum Gasteiger partial charge on any atom is -0.468 e. The molecule has 1 fully saturated rings. The molecule has 0 saturated carbocycles. The van der Waals surface area contributed by atoms with Crippen molar-refractivity contribution in [1.29, 1.82) is 0 Å². The number of likely N-dealkylation sites (tertiary alicyclic amines) is 1. The molecule has 0 aromatic heterocycles. The molecular formula is C9H17NO3. The molecule has 0 unspecified atom stereocenters. The van der Waals surface area contributed by atoms with E-state index in [1.54, 1.807) is 7.11 Å². The Balaban J connectivity index is 2.57. The topological polar surface area (TPSA) is 38.8 Å². The Morgan fingerprint density at radius 1 is 1.54 bits per heavy atom. The number of carbonyl (C=O) groups is 1. The standard InChI is InChI=1S/C9H17NO3/c1-4-10-6-7(12-2)5-8(10)9(11)13-3/h7-8H,4-6H2,1-3H3/t7-,8+/m1/s1. The van der Waals surface area contributed by atoms with E-state index in [2.05, 4.69) is 4.90 Å². The Morgan fingerprint density at radius 3 is 2.69 bits per heavy atom. The summed E-state index contributed by atoms with van der Waals surface area (Å²) in [6.45, 7) is 3.72. The Hall–Kier alpha value is -0.610. The monoisotopic (exact) mass is 187 g/mol. The second-order valence-corrected chi connectivity index (χ2v) is 3.22. The van der Waals surface area contributed by atoms with Crippen LogP contribution in [0.1, 0.15) is 13.3 Å². The molecule has 0 aromatic rings. The number of esters is 1. The van der Waals surface area contributed by atoms with Crippen molar-refractivity contribution >= 4 is 5.97 Å². The molecule has 13 heavy (non-hydrogen) atoms. The Morgan fingerprint density at radius 2 is 2.23 bits per heavy atom. The van der Waals surface area contributed by atoms with Gasteiger partial charge in [-0.25, -0.2) is 0 Å². The van der Waals surface area contributed by atoms with Gasteiger partial charge in [0.15, 0.2) is 0 Å². The van der Waals surface area contributed by atoms with Crippen molar-refractivity contribution in [3.05, 3.63) is 0 Å². The van der Waals surface area contributed by atoms with E-state index >= 15 is 0 Å². The largest absolute Gasteiger partial charge is 0.468 e. The number of carbonyl (C=O) groups excluding carboxylic acids is 1. The average molecular weight is 187 g/mol. The summed E-state index contributed by atoms with van der Waals surface area (Å²) in [6, 6.07) is -0.111. The molecule has 0 radical (unpaired) electrons. The maximum Gasteiger partial charge on any atom is 0.323 e. The highest BCUT2D eigenvalue weighted by Gasteiger charge is 2.36. The summed E-state index contributed by atoms with van der Waals surface area (Å²) in [4.78, 5) is 13.4. The van der Waals surface area contributed by atoms with Crippen LogP contribution in [0.25, 0.3) is 0 Å². The van der Waals surface area contributed by atoms with E-state index in [1.807, 2.05) is 6.92 Å². The Kier molecular flexibility index (Phi) is 3.69. The minimum absolute atomic E-state index is 0.111. The lowest BCUT2D eigenvalue weighted by atomic mass is 10.2. The second kappa shape index (κ2) is 4.58. The van der Waals surface area contributed by atoms with Crippen molar-refractivity contribution in [2.24, 2.45) is 0 Å². The molecular weight excluding hydrogens is 170 g/mol. The molecule has 0 aliphatic carbocycles. The lowest BCUT2D eigenvalue weighted by Gasteiger charge is -2.19. The molecule has 1 rings (SSSR count). The number of rotatable bonds is 3. The first-order chi connectivity index (χ1) is 6.22. The summed E-state index contributed by atoms with van der Waals surface area (Å²) in [5.74, 6) is -0.151. The summed E-state index contributed by atoms with van der Waals surface area (Å²) >= 11 is 0. The quantitative estimate of drug-likeness (QED) is 0.594. The highest BCUT2D eigenvalue weighted by molar-refractivity contribution is 5.76. The van der Waals surface area contributed by atoms with Crippen molar-refractivity contribution < 1.29 is 14.3 Å². The zero-order chi connectivity index (χ0) is 9.84. The number of hydrogen-bond donors (Lipinski definition) is 0. The molecule has 1 saturated heterocycles. The van der Waals surface area contributed by atoms with Crippen molar-refractivity contribution in [1.82, 2.24) is 4.90 Å². The van der Waals surface area contributed by atoms with Crippen LogP contribution in [-0.2, 0) is 14.3 Å². The van der Waals surface area contributed by atoms with E-state index < -0.39 is 0 Å². The van der Waals surface area contributed by atoms with Crippen molar-refractivity contribution in [3.8, 4) is 0 Å². The van der Waals surface area contributed by atoms with Crippen LogP contribution in [0.5, 0.6) is 0 Å². The Bertz CT molecular complexity index is 184. The molecule has 4 nitrogen and oxygen atoms in total. The number of ether oxygens (including phenoxy) is 2. The first-order valence-electron chi connectivity index (χ1n) is 4.57. The van der Waals surface area contributed by atoms with Crippen LogP contribution in [-0.4, -0.2) is 50.3 Å². The molecule has 1 aliphatic heterocycles. The van der Waals surface area contributed by atoms with Gasteiger partial charge < -0.3 is 9.47 Å². The van der Waals surface area contributed by atoms with Gasteiger partial charge in [-0.15, -0.1) is 0 Å². The molecule has 4 heteroatoms. The predicted molar refractivity (Wildman–Crippen MR) is 48.5 cm³/mol. The summed E-state index contributed by atoms with van der Waals surface area (Å²) in [6.07, 6.45) is 0.917. The third-order valence-electron chi connectivity index (χ3n) is 2.58. The highest BCUT2D eigenvalue weighted by Crippen LogP contribution is 2.20. The molecule has 76 valence electrons. The highest BCUT2D eigenvalue weighted by atomic mass is 16.5. The van der Waals surface area contributed by atoms with E-state index in [-0.39, 0.29) is 18.1 Å². The van der Waals surface area contributed by atoms with Gasteiger partial charge in [0, 0.05) is 20.1 Å². The van der Waals surface area contributed by atoms with Crippen LogP contribution in [0.4, 0.5) is 0 Å². The molecule has 1 aliphatic rings. The summed E-state index contributed by atoms with van der Waals surface area (Å²) in [5.41, 5.74) is 0. The van der Waals surface area contributed by atoms with Crippen LogP contribution in [0.15, 0.2) is 0 Å². The fourth-order valence-corrected chi connectivity index (χ4v) is 1.76. The summed E-state index contributed by atoms with van der Waals surface area (Å²) in [5, 5.41) is 0. The van der Waals surface area contributed by atoms with Gasteiger partial charge >= 0.3 is 5.97 Å². The first kappa shape index (κ1) is 10.5. The SMILES string of the molecule is CCN1C[C@H](OC)C[C@H]1C(=O)OC. The summed E-state index contributed by atoms with van der Waals surface area (Å²) in [7, 11) is 3.11. The van der Waals surface area contributed by atoms with Crippen LogP contribution in [0.2, 0.25) is 0 Å². The molecule has 2 atom stereocenters. The lowest BCUT2D eigenvalue weighted by Crippen LogP contribution is -2.36. The number of methoxy groups -OCH3 is 2. The third kappa shape index (κ3) is 2.19. The zero-order valence-electron chi connectivity index (χ0n) is 8.45. The predicted octanol–water partition coefficient (Wildman–Crippen LogP) is 0.269. The van der Waals surface area contributed by atoms with Gasteiger partial charge in [0.05, 0.1) is 13.2 Å². The van der Waals surface area contributed by atoms with E-state index in [1.165, 1.54) is 7.11 Å². The van der Waals surface area contributed by atoms with Crippen molar-refractivity contribution in [2.45, 2.75) is 25.5 Å². The number of likely N-dealkylation sites (N-methyl/N-ethyl adjacent to an activating group) is 1. The average Bonchev–Trinajstić information content (AvgIpc) is 2.59. The molecule has 0 spiro atoms. The van der Waals surface area contributed by atoms with Gasteiger partial charge in [-0.05, 0) is 6.54 Å². The summed E-state index contributed by atoms with van der Waals surface area (Å²) < 4.78 is 9.94. The van der Waals surface area contributed by atoms with Crippen molar-refractivity contribution in [2.75, 3.05) is 27.3 Å². The van der Waals surface area contributed by atoms with Gasteiger partial charge in [-0.3, -0.25) is 9.69 Å². The smallest absolute Gasteiger partial charge is 0.323 e. The van der Waals surface area contributed by atoms with Gasteiger partial charge in [0.2, 0.25) is 0 Å². The van der Waals surface area contributed by atoms with Crippen LogP contribution in [0, 0.1) is 0 Å². The van der Waals surface area contributed by atoms with Gasteiger partial charge in [-0.1, -0.05) is 6.92 Å². The minimum atomic E-state index is -0.151. The van der Waals surface area contributed by atoms with Crippen LogP contribution >= 0.6 is 0 Å². The molecule has 0 aromatic carbocycles. The molecule has 0 bridgehead atoms. The molecule has 1 heterocycles. The van der Waals surface area contributed by atoms with E-state index in [4.69, 9.17) is 9.47 Å². The van der Waals surface area contributed by atoms with Crippen molar-refractivity contribution in [3.63, 3.8) is 0 Å². The normalized spacial score (nSPS) is 29.2. The fourth-order valence-electron chi connectivity index (χ4n) is 1.76. The third-order valence-corrected chi connectivity index (χ3v) is 2.58. The Labute approximate surface area is 78.8 Å². The first-order valence-corrected chi connectivity index (χ1v) is 4.57. The molecule has 0 amide bonds. The van der Waals surface area contributed by atoms with Crippen LogP contribution in [0.3, 0.4) is 0 Å². The van der Waals surface area contributed by atoms with E-state index in [0.717, 1.165) is 19.5 Å².